The Hall–Kier alpha value is -2.12. The van der Waals surface area contributed by atoms with E-state index >= 15 is 0 Å². The molecule has 35 heavy (non-hydrogen) atoms. The van der Waals surface area contributed by atoms with Crippen molar-refractivity contribution in [3.05, 3.63) is 71.6 Å². The van der Waals surface area contributed by atoms with E-state index in [0.717, 1.165) is 0 Å². The van der Waals surface area contributed by atoms with Crippen LogP contribution < -0.4 is 0 Å². The molecule has 0 unspecified atom stereocenters. The minimum absolute atomic E-state index is 1.24. The Morgan fingerprint density at radius 3 is 1.66 bits per heavy atom. The Balaban J connectivity index is 1.12. The van der Waals surface area contributed by atoms with E-state index in [1.807, 2.05) is 11.3 Å². The van der Waals surface area contributed by atoms with Crippen molar-refractivity contribution in [2.75, 3.05) is 0 Å². The van der Waals surface area contributed by atoms with Crippen molar-refractivity contribution in [3.63, 3.8) is 0 Å². The third-order valence-corrected chi connectivity index (χ3v) is 8.62. The fourth-order valence-electron chi connectivity index (χ4n) is 5.25. The van der Waals surface area contributed by atoms with Crippen LogP contribution in [0.5, 0.6) is 0 Å². The molecule has 0 aliphatic rings. The maximum absolute atomic E-state index is 2.36. The molecule has 0 nitrogen and oxygen atoms in total. The highest BCUT2D eigenvalue weighted by Gasteiger charge is 2.06. The molecule has 0 fully saturated rings. The molecule has 0 saturated carbocycles. The summed E-state index contributed by atoms with van der Waals surface area (Å²) in [7, 11) is 0. The Kier molecular flexibility index (Phi) is 10.7. The molecular weight excluding hydrogens is 440 g/mol. The van der Waals surface area contributed by atoms with Gasteiger partial charge >= 0.3 is 0 Å². The van der Waals surface area contributed by atoms with Crippen molar-refractivity contribution in [3.8, 4) is 10.4 Å². The number of rotatable bonds is 16. The largest absolute Gasteiger partial charge is 0.140 e. The number of unbranched alkanes of at least 4 members (excludes halogenated alkanes) is 13. The van der Waals surface area contributed by atoms with Crippen LogP contribution >= 0.6 is 11.3 Å². The highest BCUT2D eigenvalue weighted by molar-refractivity contribution is 7.15. The number of fused-ring (bicyclic) bond motifs is 2. The molecule has 0 aliphatic carbocycles. The van der Waals surface area contributed by atoms with E-state index in [0.29, 0.717) is 0 Å². The number of thiophene rings is 1. The topological polar surface area (TPSA) is 0 Å². The number of hydrogen-bond acceptors (Lipinski definition) is 1. The molecule has 3 aromatic carbocycles. The molecule has 0 saturated heterocycles. The summed E-state index contributed by atoms with van der Waals surface area (Å²) in [6.45, 7) is 2.30. The standard InChI is InChI=1S/C34H44S/c1-2-3-4-5-6-7-8-9-10-11-12-13-14-15-20-33-23-24-34(35-33)31-22-21-30-25-28-18-16-17-19-29(28)26-32(30)27-31/h16-19,21-27H,2-15,20H2,1H3. The van der Waals surface area contributed by atoms with Crippen molar-refractivity contribution in [1.82, 2.24) is 0 Å². The van der Waals surface area contributed by atoms with Gasteiger partial charge in [-0.2, -0.15) is 0 Å². The van der Waals surface area contributed by atoms with Gasteiger partial charge in [0.15, 0.2) is 0 Å². The van der Waals surface area contributed by atoms with E-state index in [9.17, 15) is 0 Å². The van der Waals surface area contributed by atoms with Crippen molar-refractivity contribution in [1.29, 1.82) is 0 Å². The zero-order valence-electron chi connectivity index (χ0n) is 21.9. The molecule has 0 aliphatic heterocycles. The quantitative estimate of drug-likeness (QED) is 0.109. The first-order valence-electron chi connectivity index (χ1n) is 14.3. The van der Waals surface area contributed by atoms with Gasteiger partial charge in [-0.15, -0.1) is 11.3 Å². The maximum Gasteiger partial charge on any atom is 0.0345 e. The number of hydrogen-bond donors (Lipinski definition) is 0. The Morgan fingerprint density at radius 2 is 1.03 bits per heavy atom. The van der Waals surface area contributed by atoms with Crippen LogP contribution in [0.4, 0.5) is 0 Å². The second-order valence-corrected chi connectivity index (χ2v) is 11.5. The molecule has 0 radical (unpaired) electrons. The zero-order chi connectivity index (χ0) is 24.1. The van der Waals surface area contributed by atoms with Crippen LogP contribution in [-0.2, 0) is 6.42 Å². The summed E-state index contributed by atoms with van der Waals surface area (Å²) in [5.41, 5.74) is 1.35. The molecule has 0 atom stereocenters. The first kappa shape index (κ1) is 26.0. The van der Waals surface area contributed by atoms with Crippen LogP contribution in [0.15, 0.2) is 66.7 Å². The molecule has 1 heteroatoms. The fourth-order valence-corrected chi connectivity index (χ4v) is 6.30. The Bertz CT molecular complexity index is 1150. The Labute approximate surface area is 217 Å². The molecule has 0 spiro atoms. The third-order valence-electron chi connectivity index (χ3n) is 7.43. The first-order chi connectivity index (χ1) is 17.3. The minimum Gasteiger partial charge on any atom is -0.140 e. The van der Waals surface area contributed by atoms with Gasteiger partial charge in [-0.05, 0) is 70.3 Å². The zero-order valence-corrected chi connectivity index (χ0v) is 22.7. The summed E-state index contributed by atoms with van der Waals surface area (Å²) in [6, 6.07) is 24.9. The smallest absolute Gasteiger partial charge is 0.0345 e. The molecule has 0 amide bonds. The van der Waals surface area contributed by atoms with E-state index in [4.69, 9.17) is 0 Å². The Morgan fingerprint density at radius 1 is 0.486 bits per heavy atom. The predicted molar refractivity (Wildman–Crippen MR) is 159 cm³/mol. The van der Waals surface area contributed by atoms with E-state index in [-0.39, 0.29) is 0 Å². The van der Waals surface area contributed by atoms with Gasteiger partial charge in [-0.25, -0.2) is 0 Å². The lowest BCUT2D eigenvalue weighted by atomic mass is 10.0. The molecule has 0 N–H and O–H groups in total. The molecule has 1 aromatic heterocycles. The van der Waals surface area contributed by atoms with Crippen LogP contribution in [0, 0.1) is 0 Å². The summed E-state index contributed by atoms with van der Waals surface area (Å²) < 4.78 is 0. The van der Waals surface area contributed by atoms with E-state index < -0.39 is 0 Å². The van der Waals surface area contributed by atoms with Gasteiger partial charge in [-0.1, -0.05) is 127 Å². The van der Waals surface area contributed by atoms with E-state index in [1.54, 1.807) is 0 Å². The van der Waals surface area contributed by atoms with Gasteiger partial charge in [-0.3, -0.25) is 0 Å². The van der Waals surface area contributed by atoms with Gasteiger partial charge in [0.1, 0.15) is 0 Å². The van der Waals surface area contributed by atoms with E-state index in [2.05, 4.69) is 73.7 Å². The lowest BCUT2D eigenvalue weighted by Gasteiger charge is -2.05. The molecule has 4 aromatic rings. The average Bonchev–Trinajstić information content (AvgIpc) is 3.36. The average molecular weight is 485 g/mol. The van der Waals surface area contributed by atoms with Gasteiger partial charge in [0, 0.05) is 9.75 Å². The van der Waals surface area contributed by atoms with Crippen LogP contribution in [0.3, 0.4) is 0 Å². The molecule has 1 heterocycles. The number of aryl methyl sites for hydroxylation is 1. The normalized spacial score (nSPS) is 11.6. The van der Waals surface area contributed by atoms with Crippen LogP contribution in [0.2, 0.25) is 0 Å². The lowest BCUT2D eigenvalue weighted by molar-refractivity contribution is 0.536. The maximum atomic E-state index is 2.36. The summed E-state index contributed by atoms with van der Waals surface area (Å²) in [5, 5.41) is 5.30. The van der Waals surface area contributed by atoms with Crippen molar-refractivity contribution >= 4 is 32.9 Å². The van der Waals surface area contributed by atoms with Crippen molar-refractivity contribution in [2.24, 2.45) is 0 Å². The SMILES string of the molecule is CCCCCCCCCCCCCCCCc1ccc(-c2ccc3cc4ccccc4cc3c2)s1. The summed E-state index contributed by atoms with van der Waals surface area (Å²) in [6.07, 6.45) is 21.2. The predicted octanol–water partition coefficient (Wildman–Crippen LogP) is 11.7. The van der Waals surface area contributed by atoms with Gasteiger partial charge < -0.3 is 0 Å². The first-order valence-corrected chi connectivity index (χ1v) is 15.2. The molecule has 4 rings (SSSR count). The third kappa shape index (κ3) is 8.21. The summed E-state index contributed by atoms with van der Waals surface area (Å²) >= 11 is 1.98. The van der Waals surface area contributed by atoms with E-state index in [1.165, 1.54) is 133 Å². The highest BCUT2D eigenvalue weighted by Crippen LogP contribution is 2.32. The van der Waals surface area contributed by atoms with Crippen LogP contribution in [0.1, 0.15) is 102 Å². The van der Waals surface area contributed by atoms with Crippen molar-refractivity contribution < 1.29 is 0 Å². The van der Waals surface area contributed by atoms with Crippen molar-refractivity contribution in [2.45, 2.75) is 103 Å². The van der Waals surface area contributed by atoms with Gasteiger partial charge in [0.2, 0.25) is 0 Å². The lowest BCUT2D eigenvalue weighted by Crippen LogP contribution is -1.84. The fraction of sp³-hybridized carbons (Fsp3) is 0.471. The number of benzene rings is 3. The van der Waals surface area contributed by atoms with Crippen LogP contribution in [-0.4, -0.2) is 0 Å². The van der Waals surface area contributed by atoms with Gasteiger partial charge in [0.25, 0.3) is 0 Å². The minimum atomic E-state index is 1.24. The molecule has 0 bridgehead atoms. The monoisotopic (exact) mass is 484 g/mol. The van der Waals surface area contributed by atoms with Crippen LogP contribution in [0.25, 0.3) is 32.0 Å². The summed E-state index contributed by atoms with van der Waals surface area (Å²) in [4.78, 5) is 2.94. The molecular formula is C34H44S. The molecule has 186 valence electrons. The summed E-state index contributed by atoms with van der Waals surface area (Å²) in [5.74, 6) is 0. The highest BCUT2D eigenvalue weighted by atomic mass is 32.1. The van der Waals surface area contributed by atoms with Gasteiger partial charge in [0.05, 0.1) is 0 Å². The second-order valence-electron chi connectivity index (χ2n) is 10.4. The second kappa shape index (κ2) is 14.4.